The molecule has 0 bridgehead atoms. The summed E-state index contributed by atoms with van der Waals surface area (Å²) >= 11 is 0. The second-order valence-electron chi connectivity index (χ2n) is 7.09. The molecule has 0 heterocycles. The van der Waals surface area contributed by atoms with Crippen LogP contribution in [0.25, 0.3) is 11.1 Å². The number of rotatable bonds is 11. The summed E-state index contributed by atoms with van der Waals surface area (Å²) in [6.07, 6.45) is 1.63. The number of carbonyl (C=O) groups excluding carboxylic acids is 1. The van der Waals surface area contributed by atoms with Crippen LogP contribution in [-0.2, 0) is 4.79 Å². The number of aliphatic hydroxyl groups excluding tert-OH is 1. The molecule has 6 nitrogen and oxygen atoms in total. The molecule has 2 aromatic carbocycles. The highest BCUT2D eigenvalue weighted by molar-refractivity contribution is 5.85. The van der Waals surface area contributed by atoms with E-state index in [4.69, 9.17) is 9.94 Å². The van der Waals surface area contributed by atoms with Gasteiger partial charge in [-0.05, 0) is 55.8 Å². The molecular weight excluding hydrogens is 392 g/mol. The predicted octanol–water partition coefficient (Wildman–Crippen LogP) is 3.82. The van der Waals surface area contributed by atoms with Gasteiger partial charge in [-0.1, -0.05) is 42.8 Å². The highest BCUT2D eigenvalue weighted by Gasteiger charge is 2.09. The van der Waals surface area contributed by atoms with E-state index in [0.717, 1.165) is 29.0 Å². The number of unbranched alkanes of at least 4 members (excludes halogenated alkanes) is 1. The first kappa shape index (κ1) is 24.9. The summed E-state index contributed by atoms with van der Waals surface area (Å²) in [5, 5.41) is 18.7. The summed E-state index contributed by atoms with van der Waals surface area (Å²) in [7, 11) is 4.03. The molecule has 0 saturated carbocycles. The Morgan fingerprint density at radius 1 is 1.03 bits per heavy atom. The molecule has 0 unspecified atom stereocenters. The van der Waals surface area contributed by atoms with E-state index in [0.29, 0.717) is 25.9 Å². The van der Waals surface area contributed by atoms with Crippen LogP contribution in [0, 0.1) is 0 Å². The Bertz CT molecular complexity index is 721. The van der Waals surface area contributed by atoms with Crippen molar-refractivity contribution in [1.82, 2.24) is 10.4 Å². The number of amides is 1. The van der Waals surface area contributed by atoms with Gasteiger partial charge in [0.05, 0.1) is 6.10 Å². The van der Waals surface area contributed by atoms with Gasteiger partial charge in [0.1, 0.15) is 12.4 Å². The Morgan fingerprint density at radius 3 is 2.17 bits per heavy atom. The van der Waals surface area contributed by atoms with Gasteiger partial charge < -0.3 is 14.7 Å². The summed E-state index contributed by atoms with van der Waals surface area (Å²) in [6, 6.07) is 15.9. The minimum absolute atomic E-state index is 0. The maximum absolute atomic E-state index is 11.0. The monoisotopic (exact) mass is 422 g/mol. The van der Waals surface area contributed by atoms with E-state index in [9.17, 15) is 9.90 Å². The third-order valence-electron chi connectivity index (χ3n) is 4.55. The molecule has 2 aromatic rings. The van der Waals surface area contributed by atoms with Crippen LogP contribution in [0.2, 0.25) is 0 Å². The number of likely N-dealkylation sites (N-methyl/N-ethyl adjacent to an activating group) is 1. The lowest BCUT2D eigenvalue weighted by Crippen LogP contribution is -2.19. The van der Waals surface area contributed by atoms with Gasteiger partial charge in [0.2, 0.25) is 5.91 Å². The fourth-order valence-corrected chi connectivity index (χ4v) is 2.83. The normalized spacial score (nSPS) is 11.6. The van der Waals surface area contributed by atoms with Crippen LogP contribution in [-0.4, -0.2) is 48.4 Å². The van der Waals surface area contributed by atoms with Gasteiger partial charge >= 0.3 is 0 Å². The van der Waals surface area contributed by atoms with Gasteiger partial charge in [-0.25, -0.2) is 5.48 Å². The van der Waals surface area contributed by atoms with Crippen LogP contribution < -0.4 is 10.2 Å². The number of hydrogen-bond acceptors (Lipinski definition) is 5. The Morgan fingerprint density at radius 2 is 1.62 bits per heavy atom. The van der Waals surface area contributed by atoms with E-state index in [1.54, 1.807) is 5.48 Å². The first-order valence-electron chi connectivity index (χ1n) is 9.58. The number of aliphatic hydroxyl groups is 1. The number of halogens is 1. The maximum atomic E-state index is 11.0. The Hall–Kier alpha value is -2.12. The van der Waals surface area contributed by atoms with Crippen LogP contribution in [0.1, 0.15) is 37.4 Å². The second kappa shape index (κ2) is 13.2. The molecule has 160 valence electrons. The lowest BCUT2D eigenvalue weighted by Gasteiger charge is -2.12. The number of ether oxygens (including phenoxy) is 1. The molecule has 3 N–H and O–H groups in total. The largest absolute Gasteiger partial charge is 0.492 e. The highest BCUT2D eigenvalue weighted by Crippen LogP contribution is 2.26. The third kappa shape index (κ3) is 8.83. The lowest BCUT2D eigenvalue weighted by atomic mass is 9.99. The van der Waals surface area contributed by atoms with E-state index >= 15 is 0 Å². The molecule has 7 heteroatoms. The van der Waals surface area contributed by atoms with Crippen molar-refractivity contribution < 1.29 is 19.8 Å². The maximum Gasteiger partial charge on any atom is 0.243 e. The summed E-state index contributed by atoms with van der Waals surface area (Å²) in [5.41, 5.74) is 4.65. The van der Waals surface area contributed by atoms with E-state index in [2.05, 4.69) is 4.90 Å². The molecule has 1 amide bonds. The van der Waals surface area contributed by atoms with Gasteiger partial charge in [-0.2, -0.15) is 0 Å². The van der Waals surface area contributed by atoms with Crippen LogP contribution in [0.15, 0.2) is 48.5 Å². The summed E-state index contributed by atoms with van der Waals surface area (Å²) in [5.74, 6) is 0.459. The zero-order chi connectivity index (χ0) is 20.4. The van der Waals surface area contributed by atoms with E-state index in [1.165, 1.54) is 0 Å². The highest BCUT2D eigenvalue weighted by atomic mass is 35.5. The molecule has 0 aliphatic carbocycles. The standard InChI is InChI=1S/C22H30N2O4.ClH/c1-24(2)15-16-28-20-13-11-18(12-14-20)17-7-9-19(10-8-17)21(25)5-3-4-6-22(26)23-27;/h7-14,21,25,27H,3-6,15-16H2,1-2H3,(H,23,26);1H/t21-;/m1./s1. The molecule has 1 atom stereocenters. The molecule has 0 aliphatic heterocycles. The van der Waals surface area contributed by atoms with E-state index < -0.39 is 12.0 Å². The van der Waals surface area contributed by atoms with Gasteiger partial charge in [0, 0.05) is 13.0 Å². The predicted molar refractivity (Wildman–Crippen MR) is 117 cm³/mol. The molecule has 0 spiro atoms. The van der Waals surface area contributed by atoms with Crippen molar-refractivity contribution in [3.8, 4) is 16.9 Å². The SMILES string of the molecule is CN(C)CCOc1ccc(-c2ccc([C@H](O)CCCCC(=O)NO)cc2)cc1.Cl. The van der Waals surface area contributed by atoms with Crippen LogP contribution in [0.3, 0.4) is 0 Å². The first-order valence-corrected chi connectivity index (χ1v) is 9.58. The first-order chi connectivity index (χ1) is 13.5. The summed E-state index contributed by atoms with van der Waals surface area (Å²) in [6.45, 7) is 1.53. The zero-order valence-corrected chi connectivity index (χ0v) is 17.8. The molecule has 0 radical (unpaired) electrons. The lowest BCUT2D eigenvalue weighted by molar-refractivity contribution is -0.129. The van der Waals surface area contributed by atoms with Crippen molar-refractivity contribution in [3.63, 3.8) is 0 Å². The molecule has 0 aromatic heterocycles. The smallest absolute Gasteiger partial charge is 0.243 e. The van der Waals surface area contributed by atoms with Crippen LogP contribution in [0.4, 0.5) is 0 Å². The number of benzene rings is 2. The number of hydroxylamine groups is 1. The minimum atomic E-state index is -0.557. The molecule has 0 aliphatic rings. The van der Waals surface area contributed by atoms with Crippen molar-refractivity contribution >= 4 is 18.3 Å². The topological polar surface area (TPSA) is 82.0 Å². The van der Waals surface area contributed by atoms with E-state index in [-0.39, 0.29) is 18.8 Å². The number of nitrogens with one attached hydrogen (secondary N) is 1. The van der Waals surface area contributed by atoms with E-state index in [1.807, 2.05) is 62.6 Å². The number of hydrogen-bond donors (Lipinski definition) is 3. The Labute approximate surface area is 178 Å². The van der Waals surface area contributed by atoms with Crippen molar-refractivity contribution in [1.29, 1.82) is 0 Å². The van der Waals surface area contributed by atoms with Gasteiger partial charge in [-0.3, -0.25) is 10.0 Å². The average Bonchev–Trinajstić information content (AvgIpc) is 2.71. The molecular formula is C22H31ClN2O4. The Kier molecular flexibility index (Phi) is 11.3. The zero-order valence-electron chi connectivity index (χ0n) is 17.0. The van der Waals surface area contributed by atoms with Crippen LogP contribution in [0.5, 0.6) is 5.75 Å². The van der Waals surface area contributed by atoms with Crippen molar-refractivity contribution in [3.05, 3.63) is 54.1 Å². The Balaban J connectivity index is 0.00000420. The molecule has 2 rings (SSSR count). The average molecular weight is 423 g/mol. The number of carbonyl (C=O) groups is 1. The second-order valence-corrected chi connectivity index (χ2v) is 7.09. The number of nitrogens with zero attached hydrogens (tertiary/aromatic N) is 1. The summed E-state index contributed by atoms with van der Waals surface area (Å²) in [4.78, 5) is 13.0. The fourth-order valence-electron chi connectivity index (χ4n) is 2.83. The third-order valence-corrected chi connectivity index (χ3v) is 4.55. The summed E-state index contributed by atoms with van der Waals surface area (Å²) < 4.78 is 5.71. The van der Waals surface area contributed by atoms with Gasteiger partial charge in [0.15, 0.2) is 0 Å². The molecule has 0 saturated heterocycles. The molecule has 29 heavy (non-hydrogen) atoms. The molecule has 0 fully saturated rings. The van der Waals surface area contributed by atoms with Crippen molar-refractivity contribution in [2.24, 2.45) is 0 Å². The van der Waals surface area contributed by atoms with Gasteiger partial charge in [0.25, 0.3) is 0 Å². The van der Waals surface area contributed by atoms with Crippen molar-refractivity contribution in [2.75, 3.05) is 27.2 Å². The van der Waals surface area contributed by atoms with Crippen molar-refractivity contribution in [2.45, 2.75) is 31.8 Å². The quantitative estimate of drug-likeness (QED) is 0.291. The van der Waals surface area contributed by atoms with Crippen LogP contribution >= 0.6 is 12.4 Å². The fraction of sp³-hybridized carbons (Fsp3) is 0.409. The minimum Gasteiger partial charge on any atom is -0.492 e. The van der Waals surface area contributed by atoms with Gasteiger partial charge in [-0.15, -0.1) is 12.4 Å².